The second-order valence-electron chi connectivity index (χ2n) is 5.20. The highest BCUT2D eigenvalue weighted by atomic mass is 19.1. The zero-order valence-electron chi connectivity index (χ0n) is 11.3. The van der Waals surface area contributed by atoms with E-state index in [-0.39, 0.29) is 17.4 Å². The van der Waals surface area contributed by atoms with Crippen LogP contribution in [0.3, 0.4) is 0 Å². The molecule has 104 valence electrons. The third-order valence-electron chi connectivity index (χ3n) is 3.72. The number of hydrogen-bond acceptors (Lipinski definition) is 2. The molecule has 0 bridgehead atoms. The molecule has 1 saturated carbocycles. The first-order chi connectivity index (χ1) is 9.02. The Kier molecular flexibility index (Phi) is 4.30. The van der Waals surface area contributed by atoms with Crippen molar-refractivity contribution in [2.75, 3.05) is 13.1 Å². The molecule has 0 amide bonds. The van der Waals surface area contributed by atoms with Gasteiger partial charge in [-0.15, -0.1) is 0 Å². The summed E-state index contributed by atoms with van der Waals surface area (Å²) in [6, 6.07) is 2.75. The summed E-state index contributed by atoms with van der Waals surface area (Å²) < 4.78 is 26.5. The Balaban J connectivity index is 2.12. The topological polar surface area (TPSA) is 20.3 Å². The molecule has 0 N–H and O–H groups in total. The predicted molar refractivity (Wildman–Crippen MR) is 70.1 cm³/mol. The van der Waals surface area contributed by atoms with E-state index in [4.69, 9.17) is 0 Å². The molecule has 1 aromatic carbocycles. The minimum absolute atomic E-state index is 0.0249. The third kappa shape index (κ3) is 3.38. The number of benzene rings is 1. The van der Waals surface area contributed by atoms with Crippen molar-refractivity contribution in [2.24, 2.45) is 5.92 Å². The van der Waals surface area contributed by atoms with Gasteiger partial charge in [-0.3, -0.25) is 9.69 Å². The molecule has 0 radical (unpaired) electrons. The summed E-state index contributed by atoms with van der Waals surface area (Å²) in [6.07, 6.45) is 2.42. The number of nitrogens with zero attached hydrogens (tertiary/aromatic N) is 1. The van der Waals surface area contributed by atoms with Crippen molar-refractivity contribution >= 4 is 5.78 Å². The molecule has 0 heterocycles. The van der Waals surface area contributed by atoms with Crippen molar-refractivity contribution in [3.05, 3.63) is 35.4 Å². The predicted octanol–water partition coefficient (Wildman–Crippen LogP) is 3.27. The van der Waals surface area contributed by atoms with Gasteiger partial charge in [-0.05, 0) is 44.4 Å². The van der Waals surface area contributed by atoms with E-state index in [0.29, 0.717) is 5.92 Å². The number of rotatable bonds is 6. The van der Waals surface area contributed by atoms with Crippen molar-refractivity contribution < 1.29 is 13.6 Å². The zero-order chi connectivity index (χ0) is 14.0. The summed E-state index contributed by atoms with van der Waals surface area (Å²) in [6.45, 7) is 5.42. The molecule has 1 aromatic rings. The fourth-order valence-corrected chi connectivity index (χ4v) is 2.27. The Labute approximate surface area is 112 Å². The standard InChI is InChI=1S/C15H19F2NO/c1-3-18(9-11-4-5-11)10(2)15(19)13-7-6-12(16)8-14(13)17/h6-8,10-11H,3-5,9H2,1-2H3. The van der Waals surface area contributed by atoms with Gasteiger partial charge in [-0.2, -0.15) is 0 Å². The highest BCUT2D eigenvalue weighted by Crippen LogP contribution is 2.30. The van der Waals surface area contributed by atoms with E-state index in [2.05, 4.69) is 4.90 Å². The highest BCUT2D eigenvalue weighted by molar-refractivity contribution is 6.00. The minimum Gasteiger partial charge on any atom is -0.294 e. The Hall–Kier alpha value is -1.29. The number of hydrogen-bond donors (Lipinski definition) is 0. The fourth-order valence-electron chi connectivity index (χ4n) is 2.27. The lowest BCUT2D eigenvalue weighted by Gasteiger charge is -2.26. The molecule has 0 aromatic heterocycles. The lowest BCUT2D eigenvalue weighted by Crippen LogP contribution is -2.40. The minimum atomic E-state index is -0.778. The van der Waals surface area contributed by atoms with Crippen LogP contribution in [-0.2, 0) is 0 Å². The van der Waals surface area contributed by atoms with E-state index in [1.165, 1.54) is 18.9 Å². The number of ketones is 1. The molecule has 19 heavy (non-hydrogen) atoms. The van der Waals surface area contributed by atoms with E-state index in [1.54, 1.807) is 6.92 Å². The van der Waals surface area contributed by atoms with Gasteiger partial charge in [0.15, 0.2) is 5.78 Å². The average Bonchev–Trinajstić information content (AvgIpc) is 3.18. The maximum atomic E-state index is 13.6. The van der Waals surface area contributed by atoms with E-state index < -0.39 is 11.6 Å². The molecule has 1 aliphatic carbocycles. The maximum absolute atomic E-state index is 13.6. The normalized spacial score (nSPS) is 16.7. The van der Waals surface area contributed by atoms with Gasteiger partial charge in [0.2, 0.25) is 0 Å². The average molecular weight is 267 g/mol. The van der Waals surface area contributed by atoms with Crippen molar-refractivity contribution in [3.63, 3.8) is 0 Å². The van der Waals surface area contributed by atoms with Gasteiger partial charge in [-0.25, -0.2) is 8.78 Å². The van der Waals surface area contributed by atoms with Crippen LogP contribution in [0.5, 0.6) is 0 Å². The summed E-state index contributed by atoms with van der Waals surface area (Å²) >= 11 is 0. The molecular formula is C15H19F2NO. The Morgan fingerprint density at radius 3 is 2.63 bits per heavy atom. The van der Waals surface area contributed by atoms with Gasteiger partial charge in [0, 0.05) is 12.6 Å². The van der Waals surface area contributed by atoms with E-state index in [1.807, 2.05) is 6.92 Å². The van der Waals surface area contributed by atoms with Gasteiger partial charge in [0.1, 0.15) is 11.6 Å². The summed E-state index contributed by atoms with van der Waals surface area (Å²) in [7, 11) is 0. The quantitative estimate of drug-likeness (QED) is 0.737. The van der Waals surface area contributed by atoms with Gasteiger partial charge < -0.3 is 0 Å². The van der Waals surface area contributed by atoms with Gasteiger partial charge in [0.05, 0.1) is 11.6 Å². The number of likely N-dealkylation sites (N-methyl/N-ethyl adjacent to an activating group) is 1. The van der Waals surface area contributed by atoms with Crippen LogP contribution in [-0.4, -0.2) is 29.8 Å². The molecule has 0 aliphatic heterocycles. The molecule has 1 fully saturated rings. The van der Waals surface area contributed by atoms with Crippen molar-refractivity contribution in [3.8, 4) is 0 Å². The Bertz CT molecular complexity index is 471. The van der Waals surface area contributed by atoms with Crippen molar-refractivity contribution in [2.45, 2.75) is 32.7 Å². The van der Waals surface area contributed by atoms with Crippen LogP contribution < -0.4 is 0 Å². The van der Waals surface area contributed by atoms with E-state index >= 15 is 0 Å². The van der Waals surface area contributed by atoms with Gasteiger partial charge in [-0.1, -0.05) is 6.92 Å². The Morgan fingerprint density at radius 1 is 1.42 bits per heavy atom. The maximum Gasteiger partial charge on any atom is 0.182 e. The summed E-state index contributed by atoms with van der Waals surface area (Å²) in [4.78, 5) is 14.3. The van der Waals surface area contributed by atoms with Crippen LogP contribution in [0.15, 0.2) is 18.2 Å². The largest absolute Gasteiger partial charge is 0.294 e. The first kappa shape index (κ1) is 14.1. The number of carbonyl (C=O) groups excluding carboxylic acids is 1. The molecule has 0 saturated heterocycles. The van der Waals surface area contributed by atoms with Crippen LogP contribution in [0.4, 0.5) is 8.78 Å². The first-order valence-electron chi connectivity index (χ1n) is 6.76. The summed E-state index contributed by atoms with van der Waals surface area (Å²) in [5.74, 6) is -1.04. The third-order valence-corrected chi connectivity index (χ3v) is 3.72. The van der Waals surface area contributed by atoms with Gasteiger partial charge in [0.25, 0.3) is 0 Å². The fraction of sp³-hybridized carbons (Fsp3) is 0.533. The van der Waals surface area contributed by atoms with Crippen LogP contribution in [0.25, 0.3) is 0 Å². The van der Waals surface area contributed by atoms with Gasteiger partial charge >= 0.3 is 0 Å². The van der Waals surface area contributed by atoms with Crippen LogP contribution in [0.2, 0.25) is 0 Å². The van der Waals surface area contributed by atoms with Crippen molar-refractivity contribution in [1.29, 1.82) is 0 Å². The first-order valence-corrected chi connectivity index (χ1v) is 6.76. The molecule has 4 heteroatoms. The number of carbonyl (C=O) groups is 1. The second-order valence-corrected chi connectivity index (χ2v) is 5.20. The van der Waals surface area contributed by atoms with Crippen LogP contribution in [0.1, 0.15) is 37.0 Å². The SMILES string of the molecule is CCN(CC1CC1)C(C)C(=O)c1ccc(F)cc1F. The molecule has 1 aliphatic rings. The second kappa shape index (κ2) is 5.78. The summed E-state index contributed by atoms with van der Waals surface area (Å²) in [5, 5.41) is 0. The number of halogens is 2. The molecule has 2 rings (SSSR count). The van der Waals surface area contributed by atoms with Crippen LogP contribution in [0, 0.1) is 17.6 Å². The van der Waals surface area contributed by atoms with E-state index in [0.717, 1.165) is 25.2 Å². The summed E-state index contributed by atoms with van der Waals surface area (Å²) in [5.41, 5.74) is -0.0249. The highest BCUT2D eigenvalue weighted by Gasteiger charge is 2.29. The van der Waals surface area contributed by atoms with Crippen molar-refractivity contribution in [1.82, 2.24) is 4.90 Å². The molecule has 1 unspecified atom stereocenters. The smallest absolute Gasteiger partial charge is 0.182 e. The Morgan fingerprint density at radius 2 is 2.11 bits per heavy atom. The van der Waals surface area contributed by atoms with Crippen LogP contribution >= 0.6 is 0 Å². The lowest BCUT2D eigenvalue weighted by molar-refractivity contribution is 0.0834. The lowest BCUT2D eigenvalue weighted by atomic mass is 10.0. The number of Topliss-reactive ketones (excluding diaryl/α,β-unsaturated/α-hetero) is 1. The molecule has 2 nitrogen and oxygen atoms in total. The molecule has 1 atom stereocenters. The van der Waals surface area contributed by atoms with E-state index in [9.17, 15) is 13.6 Å². The zero-order valence-corrected chi connectivity index (χ0v) is 11.3. The monoisotopic (exact) mass is 267 g/mol. The molecule has 0 spiro atoms. The molecular weight excluding hydrogens is 248 g/mol.